The van der Waals surface area contributed by atoms with Crippen LogP contribution in [0.3, 0.4) is 0 Å². The molecule has 0 aliphatic rings. The highest BCUT2D eigenvalue weighted by molar-refractivity contribution is 5.82. The van der Waals surface area contributed by atoms with E-state index < -0.39 is 17.9 Å². The van der Waals surface area contributed by atoms with Crippen molar-refractivity contribution in [1.82, 2.24) is 0 Å². The molecule has 0 amide bonds. The molecule has 0 fully saturated rings. The van der Waals surface area contributed by atoms with E-state index in [1.54, 1.807) is 0 Å². The van der Waals surface area contributed by atoms with Gasteiger partial charge in [-0.25, -0.2) is 14.4 Å². The molecular formula is C33H33NO6. The lowest BCUT2D eigenvalue weighted by atomic mass is 10.1. The number of ether oxygens (including phenoxy) is 3. The normalized spacial score (nSPS) is 10.2. The Bertz CT molecular complexity index is 1150. The van der Waals surface area contributed by atoms with Crippen LogP contribution < -0.4 is 4.90 Å². The Morgan fingerprint density at radius 3 is 0.975 bits per heavy atom. The Balaban J connectivity index is 1.79. The molecule has 7 nitrogen and oxygen atoms in total. The molecule has 0 N–H and O–H groups in total. The Morgan fingerprint density at radius 1 is 0.500 bits per heavy atom. The third kappa shape index (κ3) is 9.13. The van der Waals surface area contributed by atoms with Gasteiger partial charge in [0.2, 0.25) is 0 Å². The monoisotopic (exact) mass is 539 g/mol. The van der Waals surface area contributed by atoms with Crippen LogP contribution in [0, 0.1) is 0 Å². The quantitative estimate of drug-likeness (QED) is 0.134. The first-order valence-corrected chi connectivity index (χ1v) is 12.9. The lowest BCUT2D eigenvalue weighted by Crippen LogP contribution is -2.11. The van der Waals surface area contributed by atoms with Gasteiger partial charge >= 0.3 is 17.9 Å². The van der Waals surface area contributed by atoms with E-state index in [-0.39, 0.29) is 19.8 Å². The summed E-state index contributed by atoms with van der Waals surface area (Å²) < 4.78 is 15.3. The van der Waals surface area contributed by atoms with Crippen LogP contribution in [0.1, 0.15) is 16.7 Å². The van der Waals surface area contributed by atoms with Gasteiger partial charge < -0.3 is 19.1 Å². The van der Waals surface area contributed by atoms with E-state index in [9.17, 15) is 14.4 Å². The summed E-state index contributed by atoms with van der Waals surface area (Å²) in [5.74, 6) is -1.31. The number of benzene rings is 3. The van der Waals surface area contributed by atoms with Gasteiger partial charge in [0.05, 0.1) is 19.8 Å². The summed E-state index contributed by atoms with van der Waals surface area (Å²) in [6.07, 6.45) is 5.24. The molecule has 0 spiro atoms. The minimum atomic E-state index is -0.438. The van der Waals surface area contributed by atoms with Crippen molar-refractivity contribution in [3.05, 3.63) is 127 Å². The third-order valence-electron chi connectivity index (χ3n) is 5.99. The molecule has 0 saturated carbocycles. The molecule has 3 rings (SSSR count). The minimum absolute atomic E-state index is 0.279. The predicted molar refractivity (Wildman–Crippen MR) is 156 cm³/mol. The van der Waals surface area contributed by atoms with E-state index in [4.69, 9.17) is 14.2 Å². The van der Waals surface area contributed by atoms with Crippen LogP contribution in [-0.4, -0.2) is 37.7 Å². The molecule has 0 unspecified atom stereocenters. The summed E-state index contributed by atoms with van der Waals surface area (Å²) in [5, 5.41) is 0. The molecular weight excluding hydrogens is 506 g/mol. The maximum Gasteiger partial charge on any atom is 0.330 e. The van der Waals surface area contributed by atoms with E-state index >= 15 is 0 Å². The molecule has 3 aromatic rings. The molecule has 0 bridgehead atoms. The van der Waals surface area contributed by atoms with E-state index in [0.717, 1.165) is 52.0 Å². The molecule has 0 radical (unpaired) electrons. The topological polar surface area (TPSA) is 82.1 Å². The zero-order valence-electron chi connectivity index (χ0n) is 22.4. The lowest BCUT2D eigenvalue weighted by Gasteiger charge is -2.26. The van der Waals surface area contributed by atoms with Gasteiger partial charge in [-0.1, -0.05) is 56.1 Å². The number of hydrogen-bond donors (Lipinski definition) is 0. The average molecular weight is 540 g/mol. The van der Waals surface area contributed by atoms with Gasteiger partial charge in [-0.3, -0.25) is 0 Å². The highest BCUT2D eigenvalue weighted by Crippen LogP contribution is 2.35. The summed E-state index contributed by atoms with van der Waals surface area (Å²) in [5.41, 5.74) is 5.96. The van der Waals surface area contributed by atoms with Crippen molar-refractivity contribution in [1.29, 1.82) is 0 Å². The predicted octanol–water partition coefficient (Wildman–Crippen LogP) is 5.97. The number of anilines is 3. The van der Waals surface area contributed by atoms with Crippen molar-refractivity contribution in [3.63, 3.8) is 0 Å². The standard InChI is InChI=1S/C33H33NO6/c1-4-31(35)38-22-19-25-7-13-28(14-8-25)34(29-15-9-26(10-16-29)20-23-39-32(36)5-2)30-17-11-27(12-18-30)21-24-40-33(37)6-3/h4-18H,1-3,19-24H2. The SMILES string of the molecule is C=CC(=O)OCCc1ccc(N(c2ccc(CCOC(=O)C=C)cc2)c2ccc(CCOC(=O)C=C)cc2)cc1. The highest BCUT2D eigenvalue weighted by atomic mass is 16.5. The van der Waals surface area contributed by atoms with Crippen molar-refractivity contribution >= 4 is 35.0 Å². The zero-order chi connectivity index (χ0) is 28.7. The van der Waals surface area contributed by atoms with Crippen LogP contribution in [0.2, 0.25) is 0 Å². The molecule has 40 heavy (non-hydrogen) atoms. The number of rotatable bonds is 15. The molecule has 0 aliphatic heterocycles. The van der Waals surface area contributed by atoms with Gasteiger partial charge in [-0.15, -0.1) is 0 Å². The first kappa shape index (κ1) is 29.6. The fraction of sp³-hybridized carbons (Fsp3) is 0.182. The van der Waals surface area contributed by atoms with Crippen LogP contribution in [0.25, 0.3) is 0 Å². The molecule has 0 aliphatic carbocycles. The van der Waals surface area contributed by atoms with Crippen LogP contribution in [0.5, 0.6) is 0 Å². The number of esters is 3. The van der Waals surface area contributed by atoms with Gasteiger partial charge in [-0.05, 0) is 53.1 Å². The van der Waals surface area contributed by atoms with Crippen molar-refractivity contribution in [2.45, 2.75) is 19.3 Å². The summed E-state index contributed by atoms with van der Waals surface area (Å²) in [6.45, 7) is 11.1. The second kappa shape index (κ2) is 15.5. The van der Waals surface area contributed by atoms with Crippen molar-refractivity contribution in [2.75, 3.05) is 24.7 Å². The zero-order valence-corrected chi connectivity index (χ0v) is 22.4. The van der Waals surface area contributed by atoms with E-state index in [2.05, 4.69) is 24.6 Å². The maximum atomic E-state index is 11.3. The average Bonchev–Trinajstić information content (AvgIpc) is 2.99. The van der Waals surface area contributed by atoms with E-state index in [1.165, 1.54) is 0 Å². The molecule has 3 aromatic carbocycles. The Morgan fingerprint density at radius 2 is 0.750 bits per heavy atom. The van der Waals surface area contributed by atoms with Gasteiger partial charge in [0.15, 0.2) is 0 Å². The molecule has 0 heterocycles. The van der Waals surface area contributed by atoms with Gasteiger partial charge in [0.1, 0.15) is 0 Å². The second-order valence-electron chi connectivity index (χ2n) is 8.70. The number of carbonyl (C=O) groups excluding carboxylic acids is 3. The van der Waals surface area contributed by atoms with Crippen LogP contribution in [-0.2, 0) is 47.9 Å². The Kier molecular flexibility index (Phi) is 11.5. The molecule has 206 valence electrons. The van der Waals surface area contributed by atoms with Gasteiger partial charge in [0, 0.05) is 54.6 Å². The third-order valence-corrected chi connectivity index (χ3v) is 5.99. The van der Waals surface area contributed by atoms with Crippen molar-refractivity contribution < 1.29 is 28.6 Å². The smallest absolute Gasteiger partial charge is 0.330 e. The lowest BCUT2D eigenvalue weighted by molar-refractivity contribution is -0.138. The van der Waals surface area contributed by atoms with E-state index in [1.807, 2.05) is 72.8 Å². The van der Waals surface area contributed by atoms with Crippen LogP contribution >= 0.6 is 0 Å². The molecule has 0 aromatic heterocycles. The van der Waals surface area contributed by atoms with Crippen LogP contribution in [0.4, 0.5) is 17.1 Å². The maximum absolute atomic E-state index is 11.3. The number of hydrogen-bond acceptors (Lipinski definition) is 7. The molecule has 0 atom stereocenters. The highest BCUT2D eigenvalue weighted by Gasteiger charge is 2.13. The largest absolute Gasteiger partial charge is 0.462 e. The van der Waals surface area contributed by atoms with E-state index in [0.29, 0.717) is 19.3 Å². The second-order valence-corrected chi connectivity index (χ2v) is 8.70. The summed E-state index contributed by atoms with van der Waals surface area (Å²) in [7, 11) is 0. The first-order valence-electron chi connectivity index (χ1n) is 12.9. The Hall–Kier alpha value is -4.91. The summed E-state index contributed by atoms with van der Waals surface area (Å²) in [6, 6.07) is 24.2. The first-order chi connectivity index (χ1) is 19.4. The summed E-state index contributed by atoms with van der Waals surface area (Å²) in [4.78, 5) is 36.1. The minimum Gasteiger partial charge on any atom is -0.462 e. The van der Waals surface area contributed by atoms with Gasteiger partial charge in [-0.2, -0.15) is 0 Å². The fourth-order valence-electron chi connectivity index (χ4n) is 3.87. The Labute approximate surface area is 235 Å². The van der Waals surface area contributed by atoms with Crippen molar-refractivity contribution in [2.24, 2.45) is 0 Å². The number of carbonyl (C=O) groups is 3. The van der Waals surface area contributed by atoms with Crippen LogP contribution in [0.15, 0.2) is 111 Å². The summed E-state index contributed by atoms with van der Waals surface area (Å²) >= 11 is 0. The molecule has 0 saturated heterocycles. The number of nitrogens with zero attached hydrogens (tertiary/aromatic N) is 1. The van der Waals surface area contributed by atoms with Gasteiger partial charge in [0.25, 0.3) is 0 Å². The molecule has 7 heteroatoms. The fourth-order valence-corrected chi connectivity index (χ4v) is 3.87. The van der Waals surface area contributed by atoms with Crippen molar-refractivity contribution in [3.8, 4) is 0 Å².